The van der Waals surface area contributed by atoms with E-state index in [1.807, 2.05) is 0 Å². The van der Waals surface area contributed by atoms with Crippen LogP contribution in [0, 0.1) is 5.41 Å². The second kappa shape index (κ2) is 7.29. The van der Waals surface area contributed by atoms with E-state index >= 15 is 0 Å². The van der Waals surface area contributed by atoms with Gasteiger partial charge in [0.2, 0.25) is 0 Å². The van der Waals surface area contributed by atoms with Gasteiger partial charge in [-0.2, -0.15) is 0 Å². The van der Waals surface area contributed by atoms with Crippen molar-refractivity contribution in [3.63, 3.8) is 0 Å². The second-order valence-electron chi connectivity index (χ2n) is 6.13. The number of rotatable bonds is 7. The van der Waals surface area contributed by atoms with Gasteiger partial charge in [0.05, 0.1) is 0 Å². The van der Waals surface area contributed by atoms with Crippen molar-refractivity contribution in [1.29, 1.82) is 0 Å². The molecular weight excluding hydrogens is 196 g/mol. The predicted octanol–water partition coefficient (Wildman–Crippen LogP) is 3.13. The molecule has 0 aliphatic carbocycles. The first-order valence-electron chi connectivity index (χ1n) is 6.74. The van der Waals surface area contributed by atoms with Crippen LogP contribution in [0.1, 0.15) is 54.4 Å². The third-order valence-electron chi connectivity index (χ3n) is 3.34. The summed E-state index contributed by atoms with van der Waals surface area (Å²) in [5.41, 5.74) is 0.351. The third-order valence-corrected chi connectivity index (χ3v) is 3.34. The third kappa shape index (κ3) is 5.86. The lowest BCUT2D eigenvalue weighted by molar-refractivity contribution is 0.182. The zero-order valence-electron chi connectivity index (χ0n) is 12.4. The summed E-state index contributed by atoms with van der Waals surface area (Å²) < 4.78 is 0. The summed E-state index contributed by atoms with van der Waals surface area (Å²) in [6, 6.07) is 1.27. The van der Waals surface area contributed by atoms with Crippen LogP contribution in [-0.2, 0) is 0 Å². The molecule has 1 atom stereocenters. The molecule has 0 aromatic heterocycles. The number of hydrogen-bond acceptors (Lipinski definition) is 2. The van der Waals surface area contributed by atoms with Crippen LogP contribution in [0.5, 0.6) is 0 Å². The molecule has 16 heavy (non-hydrogen) atoms. The summed E-state index contributed by atoms with van der Waals surface area (Å²) in [6.45, 7) is 16.2. The minimum absolute atomic E-state index is 0.351. The average Bonchev–Trinajstić information content (AvgIpc) is 2.14. The Kier molecular flexibility index (Phi) is 7.25. The normalized spacial score (nSPS) is 14.8. The van der Waals surface area contributed by atoms with Crippen LogP contribution in [0.25, 0.3) is 0 Å². The molecule has 0 radical (unpaired) electrons. The Morgan fingerprint density at radius 2 is 1.69 bits per heavy atom. The van der Waals surface area contributed by atoms with Crippen molar-refractivity contribution < 1.29 is 0 Å². The highest BCUT2D eigenvalue weighted by Crippen LogP contribution is 2.22. The van der Waals surface area contributed by atoms with Crippen molar-refractivity contribution in [2.24, 2.45) is 5.41 Å². The lowest BCUT2D eigenvalue weighted by Crippen LogP contribution is -2.42. The Morgan fingerprint density at radius 3 is 2.00 bits per heavy atom. The van der Waals surface area contributed by atoms with Gasteiger partial charge in [-0.25, -0.2) is 0 Å². The maximum atomic E-state index is 3.45. The van der Waals surface area contributed by atoms with Crippen LogP contribution in [0.4, 0.5) is 0 Å². The van der Waals surface area contributed by atoms with Gasteiger partial charge in [0.15, 0.2) is 0 Å². The van der Waals surface area contributed by atoms with E-state index < -0.39 is 0 Å². The van der Waals surface area contributed by atoms with Crippen LogP contribution in [0.15, 0.2) is 0 Å². The molecule has 2 nitrogen and oxygen atoms in total. The van der Waals surface area contributed by atoms with Gasteiger partial charge in [0.25, 0.3) is 0 Å². The first kappa shape index (κ1) is 15.9. The summed E-state index contributed by atoms with van der Waals surface area (Å²) in [7, 11) is 2.08. The van der Waals surface area contributed by atoms with Crippen LogP contribution in [0.2, 0.25) is 0 Å². The van der Waals surface area contributed by atoms with Crippen molar-refractivity contribution in [1.82, 2.24) is 10.2 Å². The fourth-order valence-electron chi connectivity index (χ4n) is 2.22. The summed E-state index contributed by atoms with van der Waals surface area (Å²) in [5, 5.41) is 3.45. The molecule has 0 spiro atoms. The molecule has 2 heteroatoms. The van der Waals surface area contributed by atoms with Gasteiger partial charge in [-0.1, -0.05) is 27.7 Å². The molecule has 98 valence electrons. The van der Waals surface area contributed by atoms with E-state index in [-0.39, 0.29) is 0 Å². The largest absolute Gasteiger partial charge is 0.316 e. The maximum Gasteiger partial charge on any atom is 0.0125 e. The molecule has 0 heterocycles. The molecule has 0 aliphatic rings. The molecule has 0 saturated heterocycles. The maximum absolute atomic E-state index is 3.45. The van der Waals surface area contributed by atoms with E-state index in [0.717, 1.165) is 0 Å². The first-order chi connectivity index (χ1) is 7.32. The summed E-state index contributed by atoms with van der Waals surface area (Å²) in [5.74, 6) is 0. The van der Waals surface area contributed by atoms with E-state index in [1.54, 1.807) is 0 Å². The van der Waals surface area contributed by atoms with Crippen LogP contribution in [0.3, 0.4) is 0 Å². The standard InChI is InChI=1S/C14H32N2/c1-8-10-16(12(2)3)11-9-13(15-7)14(4,5)6/h12-13,15H,8-11H2,1-7H3. The highest BCUT2D eigenvalue weighted by Gasteiger charge is 2.23. The monoisotopic (exact) mass is 228 g/mol. The SMILES string of the molecule is CCCN(CCC(NC)C(C)(C)C)C(C)C. The van der Waals surface area contributed by atoms with Gasteiger partial charge in [0.1, 0.15) is 0 Å². The minimum atomic E-state index is 0.351. The molecule has 1 N–H and O–H groups in total. The van der Waals surface area contributed by atoms with Gasteiger partial charge < -0.3 is 10.2 Å². The zero-order chi connectivity index (χ0) is 12.8. The summed E-state index contributed by atoms with van der Waals surface area (Å²) in [4.78, 5) is 2.58. The summed E-state index contributed by atoms with van der Waals surface area (Å²) in [6.07, 6.45) is 2.48. The van der Waals surface area contributed by atoms with Gasteiger partial charge in [-0.15, -0.1) is 0 Å². The predicted molar refractivity (Wildman–Crippen MR) is 73.9 cm³/mol. The van der Waals surface area contributed by atoms with Crippen LogP contribution in [-0.4, -0.2) is 37.1 Å². The highest BCUT2D eigenvalue weighted by molar-refractivity contribution is 4.80. The van der Waals surface area contributed by atoms with E-state index in [2.05, 4.69) is 58.8 Å². The molecular formula is C14H32N2. The van der Waals surface area contributed by atoms with E-state index in [9.17, 15) is 0 Å². The van der Waals surface area contributed by atoms with Gasteiger partial charge in [-0.3, -0.25) is 0 Å². The number of nitrogens with zero attached hydrogens (tertiary/aromatic N) is 1. The lowest BCUT2D eigenvalue weighted by Gasteiger charge is -2.34. The molecule has 0 aliphatic heterocycles. The second-order valence-corrected chi connectivity index (χ2v) is 6.13. The van der Waals surface area contributed by atoms with Gasteiger partial charge >= 0.3 is 0 Å². The van der Waals surface area contributed by atoms with Crippen molar-refractivity contribution in [2.45, 2.75) is 66.5 Å². The van der Waals surface area contributed by atoms with Crippen molar-refractivity contribution in [2.75, 3.05) is 20.1 Å². The average molecular weight is 228 g/mol. The molecule has 0 aromatic carbocycles. The highest BCUT2D eigenvalue weighted by atomic mass is 15.1. The smallest absolute Gasteiger partial charge is 0.0125 e. The Balaban J connectivity index is 4.17. The Morgan fingerprint density at radius 1 is 1.12 bits per heavy atom. The van der Waals surface area contributed by atoms with E-state index in [4.69, 9.17) is 0 Å². The Bertz CT molecular complexity index is 170. The Labute approximate surface area is 103 Å². The van der Waals surface area contributed by atoms with Gasteiger partial charge in [-0.05, 0) is 52.2 Å². The molecule has 1 unspecified atom stereocenters. The quantitative estimate of drug-likeness (QED) is 0.720. The molecule has 0 bridgehead atoms. The molecule has 0 amide bonds. The zero-order valence-corrected chi connectivity index (χ0v) is 12.4. The van der Waals surface area contributed by atoms with Crippen molar-refractivity contribution in [3.05, 3.63) is 0 Å². The lowest BCUT2D eigenvalue weighted by atomic mass is 9.85. The molecule has 0 saturated carbocycles. The topological polar surface area (TPSA) is 15.3 Å². The van der Waals surface area contributed by atoms with Crippen molar-refractivity contribution in [3.8, 4) is 0 Å². The molecule has 0 aromatic rings. The van der Waals surface area contributed by atoms with Crippen LogP contribution >= 0.6 is 0 Å². The van der Waals surface area contributed by atoms with Gasteiger partial charge in [0, 0.05) is 12.1 Å². The minimum Gasteiger partial charge on any atom is -0.316 e. The van der Waals surface area contributed by atoms with Crippen LogP contribution < -0.4 is 5.32 Å². The molecule has 0 rings (SSSR count). The summed E-state index contributed by atoms with van der Waals surface area (Å²) >= 11 is 0. The van der Waals surface area contributed by atoms with Crippen molar-refractivity contribution >= 4 is 0 Å². The molecule has 0 fully saturated rings. The van der Waals surface area contributed by atoms with E-state index in [0.29, 0.717) is 17.5 Å². The van der Waals surface area contributed by atoms with E-state index in [1.165, 1.54) is 25.9 Å². The first-order valence-corrected chi connectivity index (χ1v) is 6.74. The number of nitrogens with one attached hydrogen (secondary N) is 1. The fraction of sp³-hybridized carbons (Fsp3) is 1.00. The number of hydrogen-bond donors (Lipinski definition) is 1. The fourth-order valence-corrected chi connectivity index (χ4v) is 2.22. The Hall–Kier alpha value is -0.0800.